The highest BCUT2D eigenvalue weighted by Gasteiger charge is 2.37. The number of amides is 2. The summed E-state index contributed by atoms with van der Waals surface area (Å²) < 4.78 is 19.8. The van der Waals surface area contributed by atoms with E-state index in [9.17, 15) is 23.9 Å². The maximum atomic E-state index is 14.6. The lowest BCUT2D eigenvalue weighted by molar-refractivity contribution is -0.117. The molecule has 2 aromatic carbocycles. The Bertz CT molecular complexity index is 1190. The van der Waals surface area contributed by atoms with Crippen LogP contribution in [0, 0.1) is 5.82 Å². The molecule has 1 aliphatic heterocycles. The Labute approximate surface area is 181 Å². The zero-order chi connectivity index (χ0) is 22.1. The number of anilines is 1. The number of aromatic carboxylic acids is 1. The van der Waals surface area contributed by atoms with Crippen LogP contribution in [0.5, 0.6) is 5.75 Å². The van der Waals surface area contributed by atoms with Crippen LogP contribution in [0.3, 0.4) is 0 Å². The van der Waals surface area contributed by atoms with E-state index in [1.807, 2.05) is 24.3 Å². The average Bonchev–Trinajstić information content (AvgIpc) is 3.18. The summed E-state index contributed by atoms with van der Waals surface area (Å²) in [5.74, 6) is -2.61. The summed E-state index contributed by atoms with van der Waals surface area (Å²) >= 11 is 0.890. The maximum absolute atomic E-state index is 14.6. The summed E-state index contributed by atoms with van der Waals surface area (Å²) in [6.45, 7) is 0. The van der Waals surface area contributed by atoms with Crippen molar-refractivity contribution in [3.63, 3.8) is 0 Å². The van der Waals surface area contributed by atoms with Crippen molar-refractivity contribution in [3.05, 3.63) is 80.8 Å². The first-order valence-electron chi connectivity index (χ1n) is 9.51. The number of thiophene rings is 1. The Hall–Kier alpha value is -3.52. The minimum atomic E-state index is -1.25. The minimum Gasteiger partial charge on any atom is -0.497 e. The molecule has 1 aliphatic rings. The van der Waals surface area contributed by atoms with E-state index in [-0.39, 0.29) is 22.5 Å². The third-order valence-corrected chi connectivity index (χ3v) is 6.20. The summed E-state index contributed by atoms with van der Waals surface area (Å²) in [5.41, 5.74) is 1.98. The molecule has 0 aliphatic carbocycles. The number of benzene rings is 2. The number of carboxylic acid groups (broad SMARTS) is 1. The molecule has 6 nitrogen and oxygen atoms in total. The lowest BCUT2D eigenvalue weighted by Gasteiger charge is -2.26. The van der Waals surface area contributed by atoms with Gasteiger partial charge in [-0.3, -0.25) is 9.59 Å². The number of halogens is 1. The largest absolute Gasteiger partial charge is 0.497 e. The normalized spacial score (nSPS) is 13.3. The van der Waals surface area contributed by atoms with Gasteiger partial charge in [0.1, 0.15) is 16.4 Å². The van der Waals surface area contributed by atoms with Crippen molar-refractivity contribution in [2.24, 2.45) is 0 Å². The molecule has 31 heavy (non-hydrogen) atoms. The van der Waals surface area contributed by atoms with Crippen molar-refractivity contribution in [1.82, 2.24) is 0 Å². The van der Waals surface area contributed by atoms with Crippen LogP contribution in [0.25, 0.3) is 0 Å². The van der Waals surface area contributed by atoms with E-state index in [1.54, 1.807) is 13.2 Å². The predicted octanol–water partition coefficient (Wildman–Crippen LogP) is 4.11. The number of imide groups is 1. The van der Waals surface area contributed by atoms with Gasteiger partial charge in [-0.1, -0.05) is 18.2 Å². The van der Waals surface area contributed by atoms with Crippen LogP contribution in [-0.4, -0.2) is 30.0 Å². The quantitative estimate of drug-likeness (QED) is 0.585. The van der Waals surface area contributed by atoms with Gasteiger partial charge in [0.2, 0.25) is 5.91 Å². The monoisotopic (exact) mass is 439 g/mol. The summed E-state index contributed by atoms with van der Waals surface area (Å²) in [6.07, 6.45) is 1.09. The molecular formula is C23H18FNO5S. The number of hydrogen-bond acceptors (Lipinski definition) is 5. The van der Waals surface area contributed by atoms with Gasteiger partial charge in [0, 0.05) is 0 Å². The van der Waals surface area contributed by atoms with Gasteiger partial charge in [0.25, 0.3) is 5.91 Å². The second-order valence-corrected chi connectivity index (χ2v) is 7.99. The number of aryl methyl sites for hydroxylation is 2. The smallest absolute Gasteiger partial charge is 0.346 e. The number of ether oxygens (including phenoxy) is 1. The van der Waals surface area contributed by atoms with Crippen LogP contribution >= 0.6 is 11.3 Å². The summed E-state index contributed by atoms with van der Waals surface area (Å²) in [6, 6.07) is 11.9. The van der Waals surface area contributed by atoms with Gasteiger partial charge >= 0.3 is 5.97 Å². The first-order chi connectivity index (χ1) is 14.9. The fourth-order valence-corrected chi connectivity index (χ4v) is 4.49. The fraction of sp³-hybridized carbons (Fsp3) is 0.174. The average molecular weight is 439 g/mol. The SMILES string of the molecule is COc1ccc(CCc2ccc(F)c(N3C(=O)Cc4csc(C(=O)O)c4C3=O)c2)cc1. The van der Waals surface area contributed by atoms with E-state index in [2.05, 4.69) is 0 Å². The molecule has 4 rings (SSSR count). The number of fused-ring (bicyclic) bond motifs is 1. The molecule has 0 bridgehead atoms. The lowest BCUT2D eigenvalue weighted by atomic mass is 9.99. The Morgan fingerprint density at radius 3 is 2.48 bits per heavy atom. The van der Waals surface area contributed by atoms with E-state index in [1.165, 1.54) is 17.5 Å². The van der Waals surface area contributed by atoms with Crippen LogP contribution in [0.4, 0.5) is 10.1 Å². The van der Waals surface area contributed by atoms with E-state index in [0.717, 1.165) is 33.1 Å². The number of nitrogens with zero attached hydrogens (tertiary/aromatic N) is 1. The van der Waals surface area contributed by atoms with E-state index in [0.29, 0.717) is 18.4 Å². The highest BCUT2D eigenvalue weighted by atomic mass is 32.1. The van der Waals surface area contributed by atoms with Crippen molar-refractivity contribution in [2.45, 2.75) is 19.3 Å². The third-order valence-electron chi connectivity index (χ3n) is 5.18. The van der Waals surface area contributed by atoms with E-state index >= 15 is 0 Å². The Morgan fingerprint density at radius 2 is 1.81 bits per heavy atom. The third kappa shape index (κ3) is 3.94. The maximum Gasteiger partial charge on any atom is 0.346 e. The number of carbonyl (C=O) groups is 3. The van der Waals surface area contributed by atoms with Crippen molar-refractivity contribution in [3.8, 4) is 5.75 Å². The predicted molar refractivity (Wildman–Crippen MR) is 114 cm³/mol. The first-order valence-corrected chi connectivity index (χ1v) is 10.4. The summed E-state index contributed by atoms with van der Waals surface area (Å²) in [7, 11) is 1.59. The molecule has 0 fully saturated rings. The number of carboxylic acids is 1. The number of carbonyl (C=O) groups excluding carboxylic acids is 2. The molecule has 0 atom stereocenters. The van der Waals surface area contributed by atoms with Gasteiger partial charge in [-0.05, 0) is 59.2 Å². The molecule has 0 unspecified atom stereocenters. The fourth-order valence-electron chi connectivity index (χ4n) is 3.59. The van der Waals surface area contributed by atoms with E-state index in [4.69, 9.17) is 4.74 Å². The Kier molecular flexibility index (Phi) is 5.56. The topological polar surface area (TPSA) is 83.9 Å². The molecule has 1 aromatic heterocycles. The molecule has 158 valence electrons. The first kappa shape index (κ1) is 20.7. The molecule has 0 saturated carbocycles. The zero-order valence-corrected chi connectivity index (χ0v) is 17.4. The molecule has 2 amide bonds. The second kappa shape index (κ2) is 8.31. The van der Waals surface area contributed by atoms with Crippen LogP contribution in [0.2, 0.25) is 0 Å². The van der Waals surface area contributed by atoms with Crippen molar-refractivity contribution in [1.29, 1.82) is 0 Å². The summed E-state index contributed by atoms with van der Waals surface area (Å²) in [5, 5.41) is 10.8. The highest BCUT2D eigenvalue weighted by Crippen LogP contribution is 2.33. The van der Waals surface area contributed by atoms with Gasteiger partial charge in [-0.2, -0.15) is 0 Å². The molecule has 0 radical (unpaired) electrons. The van der Waals surface area contributed by atoms with Crippen molar-refractivity contribution in [2.75, 3.05) is 12.0 Å². The van der Waals surface area contributed by atoms with Crippen LogP contribution in [0.1, 0.15) is 36.7 Å². The molecule has 1 N–H and O–H groups in total. The van der Waals surface area contributed by atoms with Crippen molar-refractivity contribution < 1.29 is 28.6 Å². The number of rotatable bonds is 6. The van der Waals surface area contributed by atoms with Gasteiger partial charge < -0.3 is 9.84 Å². The molecule has 0 saturated heterocycles. The molecule has 3 aromatic rings. The number of hydrogen-bond donors (Lipinski definition) is 1. The second-order valence-electron chi connectivity index (χ2n) is 7.12. The number of methoxy groups -OCH3 is 1. The Morgan fingerprint density at radius 1 is 1.13 bits per heavy atom. The standard InChI is InChI=1S/C23H18FNO5S/c1-30-16-7-4-13(5-8-16)2-3-14-6-9-17(24)18(10-14)25-19(26)11-15-12-31-21(23(28)29)20(15)22(25)27/h4-10,12H,2-3,11H2,1H3,(H,28,29). The van der Waals surface area contributed by atoms with Crippen LogP contribution in [-0.2, 0) is 24.1 Å². The molecule has 0 spiro atoms. The van der Waals surface area contributed by atoms with E-state index < -0.39 is 23.6 Å². The van der Waals surface area contributed by atoms with Crippen LogP contribution < -0.4 is 9.64 Å². The van der Waals surface area contributed by atoms with Gasteiger partial charge in [0.15, 0.2) is 0 Å². The lowest BCUT2D eigenvalue weighted by Crippen LogP contribution is -2.43. The van der Waals surface area contributed by atoms with Gasteiger partial charge in [-0.25, -0.2) is 14.1 Å². The summed E-state index contributed by atoms with van der Waals surface area (Å²) in [4.78, 5) is 37.7. The van der Waals surface area contributed by atoms with Crippen molar-refractivity contribution >= 4 is 34.8 Å². The molecule has 8 heteroatoms. The molecule has 2 heterocycles. The highest BCUT2D eigenvalue weighted by molar-refractivity contribution is 7.12. The zero-order valence-electron chi connectivity index (χ0n) is 16.6. The van der Waals surface area contributed by atoms with Gasteiger partial charge in [0.05, 0.1) is 24.8 Å². The van der Waals surface area contributed by atoms with Gasteiger partial charge in [-0.15, -0.1) is 11.3 Å². The molecular weight excluding hydrogens is 421 g/mol. The Balaban J connectivity index is 1.61. The minimum absolute atomic E-state index is 0.0415. The van der Waals surface area contributed by atoms with Crippen LogP contribution in [0.15, 0.2) is 47.8 Å².